The SMILES string of the molecule is CC(C)c1[c]ccc(N2CCN(C(=O)c3ccoc3)[C@@H](C)C2)c1. The van der Waals surface area contributed by atoms with E-state index in [1.165, 1.54) is 17.5 Å². The molecule has 1 atom stereocenters. The molecule has 2 aromatic rings. The number of hydrogen-bond acceptors (Lipinski definition) is 3. The van der Waals surface area contributed by atoms with Gasteiger partial charge in [-0.3, -0.25) is 4.79 Å². The predicted molar refractivity (Wildman–Crippen MR) is 90.8 cm³/mol. The quantitative estimate of drug-likeness (QED) is 0.870. The first-order valence-corrected chi connectivity index (χ1v) is 8.16. The van der Waals surface area contributed by atoms with E-state index in [1.807, 2.05) is 11.0 Å². The first-order valence-electron chi connectivity index (χ1n) is 8.16. The van der Waals surface area contributed by atoms with Crippen LogP contribution in [0.1, 0.15) is 42.6 Å². The number of amides is 1. The molecule has 0 aliphatic carbocycles. The molecule has 3 rings (SSSR count). The average Bonchev–Trinajstić information content (AvgIpc) is 3.08. The maximum absolute atomic E-state index is 12.5. The molecule has 0 saturated carbocycles. The highest BCUT2D eigenvalue weighted by Crippen LogP contribution is 2.24. The van der Waals surface area contributed by atoms with Crippen molar-refractivity contribution in [2.45, 2.75) is 32.7 Å². The second-order valence-electron chi connectivity index (χ2n) is 6.46. The highest BCUT2D eigenvalue weighted by Gasteiger charge is 2.28. The Bertz CT molecular complexity index is 664. The Kier molecular flexibility index (Phi) is 4.42. The molecule has 1 aromatic heterocycles. The van der Waals surface area contributed by atoms with Crippen molar-refractivity contribution in [2.24, 2.45) is 0 Å². The van der Waals surface area contributed by atoms with Crippen LogP contribution in [-0.4, -0.2) is 36.5 Å². The molecule has 121 valence electrons. The molecule has 0 unspecified atom stereocenters. The topological polar surface area (TPSA) is 36.7 Å². The second kappa shape index (κ2) is 6.49. The Morgan fingerprint density at radius 3 is 2.83 bits per heavy atom. The zero-order valence-corrected chi connectivity index (χ0v) is 14.0. The van der Waals surface area contributed by atoms with Crippen molar-refractivity contribution in [3.05, 3.63) is 54.0 Å². The van der Waals surface area contributed by atoms with Crippen LogP contribution in [0.25, 0.3) is 0 Å². The van der Waals surface area contributed by atoms with Crippen LogP contribution in [0.3, 0.4) is 0 Å². The predicted octanol–water partition coefficient (Wildman–Crippen LogP) is 3.55. The van der Waals surface area contributed by atoms with Gasteiger partial charge in [0.1, 0.15) is 6.26 Å². The minimum Gasteiger partial charge on any atom is -0.472 e. The van der Waals surface area contributed by atoms with E-state index in [0.717, 1.165) is 19.6 Å². The zero-order chi connectivity index (χ0) is 16.4. The lowest BCUT2D eigenvalue weighted by Crippen LogP contribution is -2.54. The summed E-state index contributed by atoms with van der Waals surface area (Å²) in [7, 11) is 0. The Hall–Kier alpha value is -2.23. The molecule has 4 nitrogen and oxygen atoms in total. The van der Waals surface area contributed by atoms with Gasteiger partial charge in [-0.25, -0.2) is 0 Å². The highest BCUT2D eigenvalue weighted by atomic mass is 16.3. The number of furan rings is 1. The van der Waals surface area contributed by atoms with Crippen molar-refractivity contribution in [3.63, 3.8) is 0 Å². The minimum atomic E-state index is 0.0511. The van der Waals surface area contributed by atoms with Crippen molar-refractivity contribution in [2.75, 3.05) is 24.5 Å². The summed E-state index contributed by atoms with van der Waals surface area (Å²) in [6.45, 7) is 8.86. The first-order chi connectivity index (χ1) is 11.1. The fourth-order valence-electron chi connectivity index (χ4n) is 3.05. The third-order valence-electron chi connectivity index (χ3n) is 4.45. The molecule has 0 N–H and O–H groups in total. The number of nitrogens with zero attached hydrogens (tertiary/aromatic N) is 2. The summed E-state index contributed by atoms with van der Waals surface area (Å²) in [6.07, 6.45) is 3.06. The van der Waals surface area contributed by atoms with Crippen molar-refractivity contribution >= 4 is 11.6 Å². The maximum atomic E-state index is 12.5. The highest BCUT2D eigenvalue weighted by molar-refractivity contribution is 5.94. The Labute approximate surface area is 137 Å². The summed E-state index contributed by atoms with van der Waals surface area (Å²) >= 11 is 0. The summed E-state index contributed by atoms with van der Waals surface area (Å²) in [5.74, 6) is 0.520. The van der Waals surface area contributed by atoms with Gasteiger partial charge < -0.3 is 14.2 Å². The van der Waals surface area contributed by atoms with Gasteiger partial charge in [0.05, 0.1) is 11.8 Å². The van der Waals surface area contributed by atoms with E-state index in [1.54, 1.807) is 12.3 Å². The van der Waals surface area contributed by atoms with Gasteiger partial charge in [-0.05, 0) is 42.7 Å². The van der Waals surface area contributed by atoms with E-state index < -0.39 is 0 Å². The van der Waals surface area contributed by atoms with Crippen LogP contribution in [0.2, 0.25) is 0 Å². The Balaban J connectivity index is 1.71. The van der Waals surface area contributed by atoms with E-state index in [4.69, 9.17) is 4.42 Å². The number of anilines is 1. The number of hydrogen-bond donors (Lipinski definition) is 0. The van der Waals surface area contributed by atoms with Crippen LogP contribution in [-0.2, 0) is 0 Å². The van der Waals surface area contributed by atoms with Gasteiger partial charge in [0.15, 0.2) is 0 Å². The van der Waals surface area contributed by atoms with Crippen molar-refractivity contribution in [1.82, 2.24) is 4.90 Å². The molecule has 1 aliphatic heterocycles. The first kappa shape index (κ1) is 15.7. The Morgan fingerprint density at radius 1 is 1.35 bits per heavy atom. The molecule has 1 saturated heterocycles. The summed E-state index contributed by atoms with van der Waals surface area (Å²) in [6, 6.07) is 11.5. The van der Waals surface area contributed by atoms with Crippen LogP contribution < -0.4 is 4.90 Å². The van der Waals surface area contributed by atoms with Crippen molar-refractivity contribution in [1.29, 1.82) is 0 Å². The summed E-state index contributed by atoms with van der Waals surface area (Å²) in [5.41, 5.74) is 3.07. The molecule has 1 radical (unpaired) electrons. The fraction of sp³-hybridized carbons (Fsp3) is 0.421. The second-order valence-corrected chi connectivity index (χ2v) is 6.46. The van der Waals surface area contributed by atoms with Crippen LogP contribution in [0.4, 0.5) is 5.69 Å². The van der Waals surface area contributed by atoms with E-state index in [9.17, 15) is 4.79 Å². The number of carbonyl (C=O) groups is 1. The van der Waals surface area contributed by atoms with Gasteiger partial charge in [-0.1, -0.05) is 19.9 Å². The van der Waals surface area contributed by atoms with E-state index >= 15 is 0 Å². The molecule has 23 heavy (non-hydrogen) atoms. The van der Waals surface area contributed by atoms with E-state index in [2.05, 4.69) is 43.9 Å². The molecule has 0 bridgehead atoms. The third-order valence-corrected chi connectivity index (χ3v) is 4.45. The molecule has 1 aliphatic rings. The van der Waals surface area contributed by atoms with Crippen LogP contribution in [0.5, 0.6) is 0 Å². The lowest BCUT2D eigenvalue weighted by molar-refractivity contribution is 0.0673. The molecular formula is C19H23N2O2. The molecule has 4 heteroatoms. The molecule has 1 amide bonds. The largest absolute Gasteiger partial charge is 0.472 e. The molecular weight excluding hydrogens is 288 g/mol. The van der Waals surface area contributed by atoms with E-state index in [-0.39, 0.29) is 11.9 Å². The van der Waals surface area contributed by atoms with Crippen LogP contribution in [0.15, 0.2) is 41.2 Å². The molecule has 2 heterocycles. The van der Waals surface area contributed by atoms with Crippen molar-refractivity contribution < 1.29 is 9.21 Å². The minimum absolute atomic E-state index is 0.0511. The van der Waals surface area contributed by atoms with Gasteiger partial charge in [0.2, 0.25) is 0 Å². The van der Waals surface area contributed by atoms with Gasteiger partial charge in [-0.15, -0.1) is 0 Å². The lowest BCUT2D eigenvalue weighted by atomic mass is 10.0. The standard InChI is InChI=1S/C19H23N2O2/c1-14(2)16-5-4-6-18(11-16)20-8-9-21(15(3)12-20)19(22)17-7-10-23-13-17/h4,6-7,10-11,13-15H,8-9,12H2,1-3H3/t15-/m0/s1. The zero-order valence-electron chi connectivity index (χ0n) is 14.0. The number of carbonyl (C=O) groups excluding carboxylic acids is 1. The smallest absolute Gasteiger partial charge is 0.257 e. The van der Waals surface area contributed by atoms with Crippen LogP contribution in [0, 0.1) is 6.07 Å². The monoisotopic (exact) mass is 311 g/mol. The van der Waals surface area contributed by atoms with Gasteiger partial charge >= 0.3 is 0 Å². The lowest BCUT2D eigenvalue weighted by Gasteiger charge is -2.41. The third kappa shape index (κ3) is 3.26. The molecule has 1 fully saturated rings. The van der Waals surface area contributed by atoms with Gasteiger partial charge in [0, 0.05) is 31.4 Å². The fourth-order valence-corrected chi connectivity index (χ4v) is 3.05. The summed E-state index contributed by atoms with van der Waals surface area (Å²) in [4.78, 5) is 16.8. The molecule has 0 spiro atoms. The molecule has 1 aromatic carbocycles. The summed E-state index contributed by atoms with van der Waals surface area (Å²) in [5, 5.41) is 0. The van der Waals surface area contributed by atoms with Crippen LogP contribution >= 0.6 is 0 Å². The Morgan fingerprint density at radius 2 is 2.17 bits per heavy atom. The van der Waals surface area contributed by atoms with E-state index in [0.29, 0.717) is 11.5 Å². The van der Waals surface area contributed by atoms with Crippen molar-refractivity contribution in [3.8, 4) is 0 Å². The maximum Gasteiger partial charge on any atom is 0.257 e. The summed E-state index contributed by atoms with van der Waals surface area (Å²) < 4.78 is 5.03. The normalized spacial score (nSPS) is 18.5. The number of rotatable bonds is 3. The van der Waals surface area contributed by atoms with Gasteiger partial charge in [-0.2, -0.15) is 0 Å². The average molecular weight is 311 g/mol. The number of benzene rings is 1. The number of piperazine rings is 1. The van der Waals surface area contributed by atoms with Gasteiger partial charge in [0.25, 0.3) is 5.91 Å².